The third-order valence-corrected chi connectivity index (χ3v) is 6.25. The van der Waals surface area contributed by atoms with Crippen molar-refractivity contribution in [3.05, 3.63) is 77.2 Å². The maximum absolute atomic E-state index is 14.0. The van der Waals surface area contributed by atoms with Crippen LogP contribution in [-0.2, 0) is 16.0 Å². The molecule has 1 amide bonds. The number of carbonyl (C=O) groups is 2. The number of nitrogens with one attached hydrogen (secondary N) is 1. The summed E-state index contributed by atoms with van der Waals surface area (Å²) >= 11 is 0. The van der Waals surface area contributed by atoms with E-state index in [9.17, 15) is 27.9 Å². The number of pyridine rings is 1. The minimum atomic E-state index is -1.65. The molecule has 0 spiro atoms. The van der Waals surface area contributed by atoms with Gasteiger partial charge in [-0.3, -0.25) is 9.78 Å². The first-order valence-corrected chi connectivity index (χ1v) is 12.2. The van der Waals surface area contributed by atoms with Gasteiger partial charge in [-0.05, 0) is 36.5 Å². The first-order chi connectivity index (χ1) is 17.6. The molecule has 3 atom stereocenters. The van der Waals surface area contributed by atoms with E-state index in [1.165, 1.54) is 7.05 Å². The number of aliphatic hydroxyl groups excluding tert-OH is 1. The summed E-state index contributed by atoms with van der Waals surface area (Å²) in [5, 5.41) is 13.6. The molecule has 0 saturated heterocycles. The second kappa shape index (κ2) is 12.7. The van der Waals surface area contributed by atoms with Gasteiger partial charge < -0.3 is 15.2 Å². The molecule has 3 aromatic rings. The van der Waals surface area contributed by atoms with E-state index in [1.807, 2.05) is 44.2 Å². The number of benzene rings is 2. The van der Waals surface area contributed by atoms with Gasteiger partial charge in [-0.25, -0.2) is 18.0 Å². The highest BCUT2D eigenvalue weighted by Crippen LogP contribution is 2.25. The highest BCUT2D eigenvalue weighted by atomic mass is 19.2. The Hall–Kier alpha value is -3.46. The van der Waals surface area contributed by atoms with Crippen LogP contribution in [0.5, 0.6) is 0 Å². The molecule has 0 unspecified atom stereocenters. The molecule has 2 aromatic carbocycles. The van der Waals surface area contributed by atoms with Crippen LogP contribution in [0.25, 0.3) is 10.9 Å². The lowest BCUT2D eigenvalue weighted by atomic mass is 9.89. The van der Waals surface area contributed by atoms with E-state index in [0.29, 0.717) is 12.3 Å². The van der Waals surface area contributed by atoms with Crippen LogP contribution in [0, 0.1) is 29.3 Å². The molecule has 37 heavy (non-hydrogen) atoms. The molecule has 0 saturated carbocycles. The molecule has 2 N–H and O–H groups in total. The number of aromatic nitrogens is 1. The monoisotopic (exact) mass is 516 g/mol. The number of esters is 1. The third-order valence-electron chi connectivity index (χ3n) is 6.25. The molecule has 0 aliphatic rings. The largest absolute Gasteiger partial charge is 0.456 e. The van der Waals surface area contributed by atoms with Gasteiger partial charge in [0, 0.05) is 31.0 Å². The minimum absolute atomic E-state index is 0.0723. The maximum atomic E-state index is 14.0. The predicted molar refractivity (Wildman–Crippen MR) is 133 cm³/mol. The number of ether oxygens (including phenoxy) is 1. The van der Waals surface area contributed by atoms with E-state index >= 15 is 0 Å². The lowest BCUT2D eigenvalue weighted by molar-refractivity contribution is -0.126. The Balaban J connectivity index is 1.85. The number of aliphatic hydroxyl groups is 1. The Kier molecular flexibility index (Phi) is 9.63. The summed E-state index contributed by atoms with van der Waals surface area (Å²) in [7, 11) is 1.53. The number of fused-ring (bicyclic) bond motifs is 1. The molecule has 0 radical (unpaired) electrons. The van der Waals surface area contributed by atoms with Crippen LogP contribution in [-0.4, -0.2) is 41.2 Å². The van der Waals surface area contributed by atoms with Gasteiger partial charge in [0.05, 0.1) is 11.7 Å². The van der Waals surface area contributed by atoms with Crippen molar-refractivity contribution >= 4 is 22.8 Å². The first-order valence-electron chi connectivity index (χ1n) is 12.2. The molecular weight excluding hydrogens is 485 g/mol. The van der Waals surface area contributed by atoms with Crippen LogP contribution in [0.15, 0.2) is 48.7 Å². The van der Waals surface area contributed by atoms with Crippen LogP contribution in [0.2, 0.25) is 0 Å². The summed E-state index contributed by atoms with van der Waals surface area (Å²) in [5.41, 5.74) is 0.259. The van der Waals surface area contributed by atoms with E-state index in [-0.39, 0.29) is 29.7 Å². The van der Waals surface area contributed by atoms with E-state index < -0.39 is 47.1 Å². The maximum Gasteiger partial charge on any atom is 0.340 e. The normalized spacial score (nSPS) is 13.8. The second-order valence-corrected chi connectivity index (χ2v) is 9.50. The van der Waals surface area contributed by atoms with E-state index in [4.69, 9.17) is 4.74 Å². The molecular formula is C28H31F3N2O4. The van der Waals surface area contributed by atoms with Gasteiger partial charge >= 0.3 is 5.97 Å². The molecule has 0 bridgehead atoms. The fourth-order valence-electron chi connectivity index (χ4n) is 4.14. The summed E-state index contributed by atoms with van der Waals surface area (Å²) in [6.45, 7) is 4.09. The Morgan fingerprint density at radius 3 is 2.41 bits per heavy atom. The van der Waals surface area contributed by atoms with Crippen molar-refractivity contribution in [2.45, 2.75) is 51.7 Å². The van der Waals surface area contributed by atoms with Gasteiger partial charge in [0.15, 0.2) is 17.5 Å². The van der Waals surface area contributed by atoms with E-state index in [0.717, 1.165) is 30.3 Å². The zero-order valence-electron chi connectivity index (χ0n) is 21.0. The molecule has 3 rings (SSSR count). The Labute approximate surface area is 213 Å². The molecule has 0 aliphatic carbocycles. The van der Waals surface area contributed by atoms with Crippen LogP contribution in [0.3, 0.4) is 0 Å². The van der Waals surface area contributed by atoms with Crippen LogP contribution in [0.4, 0.5) is 13.2 Å². The highest BCUT2D eigenvalue weighted by Gasteiger charge is 2.30. The Morgan fingerprint density at radius 1 is 1.05 bits per heavy atom. The molecule has 9 heteroatoms. The van der Waals surface area contributed by atoms with Crippen molar-refractivity contribution < 1.29 is 32.6 Å². The van der Waals surface area contributed by atoms with Gasteiger partial charge in [0.2, 0.25) is 5.91 Å². The fraction of sp³-hybridized carbons (Fsp3) is 0.393. The van der Waals surface area contributed by atoms with Gasteiger partial charge in [-0.2, -0.15) is 0 Å². The van der Waals surface area contributed by atoms with E-state index in [1.54, 1.807) is 0 Å². The van der Waals surface area contributed by atoms with Gasteiger partial charge in [0.1, 0.15) is 11.6 Å². The van der Waals surface area contributed by atoms with Crippen LogP contribution < -0.4 is 5.32 Å². The van der Waals surface area contributed by atoms with E-state index in [2.05, 4.69) is 10.3 Å². The number of rotatable bonds is 11. The zero-order valence-corrected chi connectivity index (χ0v) is 21.0. The van der Waals surface area contributed by atoms with Crippen molar-refractivity contribution in [1.29, 1.82) is 0 Å². The van der Waals surface area contributed by atoms with Crippen molar-refractivity contribution in [2.24, 2.45) is 11.8 Å². The standard InChI is InChI=1S/C28H31F3N2O4/c1-16(2)9-10-18(27(35)32-3)14-22(34)23(11-17-7-5-4-6-8-17)37-28(36)20-12-19-13-21(29)24(30)25(31)26(19)33-15-20/h4-8,12-13,15-16,18,22-23,34H,9-11,14H2,1-3H3,(H,32,35)/t18-,22+,23+/m1/s1. The lowest BCUT2D eigenvalue weighted by Crippen LogP contribution is -2.38. The van der Waals surface area contributed by atoms with Gasteiger partial charge in [-0.15, -0.1) is 0 Å². The van der Waals surface area contributed by atoms with Crippen molar-refractivity contribution in [3.63, 3.8) is 0 Å². The van der Waals surface area contributed by atoms with Crippen LogP contribution >= 0.6 is 0 Å². The van der Waals surface area contributed by atoms with Gasteiger partial charge in [0.25, 0.3) is 0 Å². The summed E-state index contributed by atoms with van der Waals surface area (Å²) < 4.78 is 46.9. The Bertz CT molecular complexity index is 1240. The zero-order chi connectivity index (χ0) is 27.1. The molecule has 1 aromatic heterocycles. The molecule has 0 aliphatic heterocycles. The number of hydrogen-bond donors (Lipinski definition) is 2. The van der Waals surface area contributed by atoms with Crippen LogP contribution in [0.1, 0.15) is 49.0 Å². The quantitative estimate of drug-likeness (QED) is 0.278. The minimum Gasteiger partial charge on any atom is -0.456 e. The first kappa shape index (κ1) is 28.1. The summed E-state index contributed by atoms with van der Waals surface area (Å²) in [6, 6.07) is 11.0. The molecule has 1 heterocycles. The number of halogens is 3. The number of nitrogens with zero attached hydrogens (tertiary/aromatic N) is 1. The van der Waals surface area contributed by atoms with Gasteiger partial charge in [-0.1, -0.05) is 50.6 Å². The second-order valence-electron chi connectivity index (χ2n) is 9.50. The SMILES string of the molecule is CNC(=O)[C@H](CCC(C)C)C[C@H](O)[C@H](Cc1ccccc1)OC(=O)c1cnc2c(F)c(F)c(F)cc2c1. The number of hydrogen-bond acceptors (Lipinski definition) is 5. The lowest BCUT2D eigenvalue weighted by Gasteiger charge is -2.27. The average Bonchev–Trinajstić information content (AvgIpc) is 2.88. The van der Waals surface area contributed by atoms with Crippen molar-refractivity contribution in [3.8, 4) is 0 Å². The Morgan fingerprint density at radius 2 is 1.76 bits per heavy atom. The highest BCUT2D eigenvalue weighted by molar-refractivity contribution is 5.94. The third kappa shape index (κ3) is 7.29. The fourth-order valence-corrected chi connectivity index (χ4v) is 4.14. The number of carbonyl (C=O) groups excluding carboxylic acids is 2. The predicted octanol–water partition coefficient (Wildman–Crippen LogP) is 4.97. The van der Waals surface area contributed by atoms with Crippen molar-refractivity contribution in [1.82, 2.24) is 10.3 Å². The molecule has 6 nitrogen and oxygen atoms in total. The number of amides is 1. The summed E-state index contributed by atoms with van der Waals surface area (Å²) in [6.07, 6.45) is 0.408. The molecule has 0 fully saturated rings. The molecule has 198 valence electrons. The van der Waals surface area contributed by atoms with Crippen molar-refractivity contribution in [2.75, 3.05) is 7.05 Å². The summed E-state index contributed by atoms with van der Waals surface area (Å²) in [4.78, 5) is 29.2. The smallest absolute Gasteiger partial charge is 0.340 e. The summed E-state index contributed by atoms with van der Waals surface area (Å²) in [5.74, 6) is -5.71. The average molecular weight is 517 g/mol. The topological polar surface area (TPSA) is 88.5 Å².